The molecule has 0 amide bonds. The average Bonchev–Trinajstić information content (AvgIpc) is 3.38. The van der Waals surface area contributed by atoms with Gasteiger partial charge in [0.15, 0.2) is 11.5 Å². The number of piperidine rings is 1. The molecule has 0 radical (unpaired) electrons. The van der Waals surface area contributed by atoms with Gasteiger partial charge in [-0.05, 0) is 55.1 Å². The Morgan fingerprint density at radius 3 is 2.96 bits per heavy atom. The zero-order valence-corrected chi connectivity index (χ0v) is 15.8. The van der Waals surface area contributed by atoms with E-state index in [1.165, 1.54) is 16.9 Å². The molecule has 1 saturated heterocycles. The molecule has 1 aliphatic rings. The first-order chi connectivity index (χ1) is 13.3. The maximum absolute atomic E-state index is 4.82. The fourth-order valence-corrected chi connectivity index (χ4v) is 4.51. The summed E-state index contributed by atoms with van der Waals surface area (Å²) in [6.45, 7) is 3.00. The van der Waals surface area contributed by atoms with E-state index in [2.05, 4.69) is 57.9 Å². The SMILES string of the molecule is c1ccc(CN2CCC[C@H](c3nc4ccc(-c5cccs5)cn4n3)C2)nc1. The van der Waals surface area contributed by atoms with E-state index in [1.54, 1.807) is 11.3 Å². The number of hydrogen-bond acceptors (Lipinski definition) is 5. The molecule has 5 heterocycles. The molecule has 0 spiro atoms. The van der Waals surface area contributed by atoms with Crippen molar-refractivity contribution in [2.75, 3.05) is 13.1 Å². The maximum Gasteiger partial charge on any atom is 0.156 e. The van der Waals surface area contributed by atoms with Crippen molar-refractivity contribution in [2.45, 2.75) is 25.3 Å². The first-order valence-electron chi connectivity index (χ1n) is 9.38. The fraction of sp³-hybridized carbons (Fsp3) is 0.286. The van der Waals surface area contributed by atoms with Gasteiger partial charge in [-0.3, -0.25) is 9.88 Å². The van der Waals surface area contributed by atoms with E-state index < -0.39 is 0 Å². The third-order valence-corrected chi connectivity index (χ3v) is 6.05. The highest BCUT2D eigenvalue weighted by atomic mass is 32.1. The largest absolute Gasteiger partial charge is 0.297 e. The van der Waals surface area contributed by atoms with Crippen molar-refractivity contribution in [3.63, 3.8) is 0 Å². The summed E-state index contributed by atoms with van der Waals surface area (Å²) in [7, 11) is 0. The summed E-state index contributed by atoms with van der Waals surface area (Å²) in [5.74, 6) is 1.34. The minimum atomic E-state index is 0.382. The molecule has 0 bridgehead atoms. The number of fused-ring (bicyclic) bond motifs is 1. The average molecular weight is 376 g/mol. The summed E-state index contributed by atoms with van der Waals surface area (Å²) in [6, 6.07) is 14.5. The molecule has 0 aromatic carbocycles. The molecule has 6 heteroatoms. The molecule has 4 aromatic rings. The van der Waals surface area contributed by atoms with Gasteiger partial charge in [-0.1, -0.05) is 12.1 Å². The van der Waals surface area contributed by atoms with Gasteiger partial charge in [0.1, 0.15) is 0 Å². The Morgan fingerprint density at radius 1 is 1.11 bits per heavy atom. The Hall–Kier alpha value is -2.57. The van der Waals surface area contributed by atoms with Crippen LogP contribution in [-0.4, -0.2) is 37.6 Å². The van der Waals surface area contributed by atoms with E-state index >= 15 is 0 Å². The maximum atomic E-state index is 4.82. The number of pyridine rings is 2. The van der Waals surface area contributed by atoms with Gasteiger partial charge >= 0.3 is 0 Å². The van der Waals surface area contributed by atoms with Crippen molar-refractivity contribution in [1.29, 1.82) is 0 Å². The first kappa shape index (κ1) is 16.6. The Labute approximate surface area is 162 Å². The first-order valence-corrected chi connectivity index (χ1v) is 10.3. The number of hydrogen-bond donors (Lipinski definition) is 0. The molecule has 5 nitrogen and oxygen atoms in total. The minimum Gasteiger partial charge on any atom is -0.297 e. The summed E-state index contributed by atoms with van der Waals surface area (Å²) in [4.78, 5) is 13.0. The van der Waals surface area contributed by atoms with Gasteiger partial charge in [0, 0.05) is 41.8 Å². The van der Waals surface area contributed by atoms with Gasteiger partial charge in [-0.2, -0.15) is 5.10 Å². The van der Waals surface area contributed by atoms with Crippen LogP contribution in [0.4, 0.5) is 0 Å². The molecule has 1 aliphatic heterocycles. The summed E-state index contributed by atoms with van der Waals surface area (Å²) >= 11 is 1.75. The lowest BCUT2D eigenvalue weighted by atomic mass is 9.97. The summed E-state index contributed by atoms with van der Waals surface area (Å²) in [6.07, 6.45) is 6.28. The zero-order valence-electron chi connectivity index (χ0n) is 15.0. The predicted molar refractivity (Wildman–Crippen MR) is 108 cm³/mol. The summed E-state index contributed by atoms with van der Waals surface area (Å²) < 4.78 is 1.93. The molecule has 0 N–H and O–H groups in total. The molecular formula is C21H21N5S. The highest BCUT2D eigenvalue weighted by Gasteiger charge is 2.25. The van der Waals surface area contributed by atoms with Crippen LogP contribution < -0.4 is 0 Å². The van der Waals surface area contributed by atoms with Crippen LogP contribution in [0.1, 0.15) is 30.3 Å². The van der Waals surface area contributed by atoms with Crippen LogP contribution in [0.3, 0.4) is 0 Å². The van der Waals surface area contributed by atoms with Gasteiger partial charge in [0.25, 0.3) is 0 Å². The zero-order chi connectivity index (χ0) is 18.1. The topological polar surface area (TPSA) is 46.3 Å². The van der Waals surface area contributed by atoms with Crippen molar-refractivity contribution in [3.8, 4) is 10.4 Å². The van der Waals surface area contributed by atoms with Crippen LogP contribution in [0.15, 0.2) is 60.2 Å². The van der Waals surface area contributed by atoms with Crippen molar-refractivity contribution in [1.82, 2.24) is 24.5 Å². The fourth-order valence-electron chi connectivity index (χ4n) is 3.79. The van der Waals surface area contributed by atoms with Gasteiger partial charge in [0.05, 0.1) is 5.69 Å². The Morgan fingerprint density at radius 2 is 2.11 bits per heavy atom. The molecule has 1 atom stereocenters. The van der Waals surface area contributed by atoms with E-state index in [1.807, 2.05) is 16.8 Å². The van der Waals surface area contributed by atoms with Gasteiger partial charge < -0.3 is 0 Å². The standard InChI is InChI=1S/C21H21N5S/c1-2-10-22-18(6-1)15-25-11-3-5-17(13-25)21-23-20-9-8-16(14-26(20)24-21)19-7-4-12-27-19/h1-2,4,6-10,12,14,17H,3,5,11,13,15H2/t17-/m0/s1. The monoisotopic (exact) mass is 375 g/mol. The molecule has 0 unspecified atom stereocenters. The van der Waals surface area contributed by atoms with Crippen molar-refractivity contribution in [3.05, 3.63) is 71.8 Å². The molecular weight excluding hydrogens is 354 g/mol. The van der Waals surface area contributed by atoms with Crippen LogP contribution in [0.5, 0.6) is 0 Å². The number of nitrogens with zero attached hydrogens (tertiary/aromatic N) is 5. The van der Waals surface area contributed by atoms with Crippen LogP contribution in [0.25, 0.3) is 16.1 Å². The van der Waals surface area contributed by atoms with Gasteiger partial charge in [0.2, 0.25) is 0 Å². The second kappa shape index (κ2) is 7.21. The Bertz CT molecular complexity index is 1030. The number of likely N-dealkylation sites (tertiary alicyclic amines) is 1. The Kier molecular flexibility index (Phi) is 4.43. The molecule has 1 fully saturated rings. The quantitative estimate of drug-likeness (QED) is 0.535. The molecule has 136 valence electrons. The Balaban J connectivity index is 1.36. The van der Waals surface area contributed by atoms with E-state index in [9.17, 15) is 0 Å². The second-order valence-corrected chi connectivity index (χ2v) is 8.01. The predicted octanol–water partition coefficient (Wildman–Crippen LogP) is 4.23. The van der Waals surface area contributed by atoms with Crippen molar-refractivity contribution in [2.24, 2.45) is 0 Å². The molecule has 5 rings (SSSR count). The normalized spacial score (nSPS) is 18.1. The molecule has 27 heavy (non-hydrogen) atoms. The number of thiophene rings is 1. The lowest BCUT2D eigenvalue weighted by molar-refractivity contribution is 0.194. The smallest absolute Gasteiger partial charge is 0.156 e. The van der Waals surface area contributed by atoms with Crippen molar-refractivity contribution < 1.29 is 0 Å². The third-order valence-electron chi connectivity index (χ3n) is 5.14. The number of aromatic nitrogens is 4. The highest BCUT2D eigenvalue weighted by Crippen LogP contribution is 2.28. The van der Waals surface area contributed by atoms with Crippen LogP contribution in [-0.2, 0) is 6.54 Å². The van der Waals surface area contributed by atoms with Gasteiger partial charge in [-0.25, -0.2) is 9.50 Å². The molecule has 4 aromatic heterocycles. The van der Waals surface area contributed by atoms with Gasteiger partial charge in [-0.15, -0.1) is 11.3 Å². The van der Waals surface area contributed by atoms with Crippen LogP contribution >= 0.6 is 11.3 Å². The lowest BCUT2D eigenvalue weighted by Crippen LogP contribution is -2.34. The summed E-state index contributed by atoms with van der Waals surface area (Å²) in [5.41, 5.74) is 3.24. The minimum absolute atomic E-state index is 0.382. The van der Waals surface area contributed by atoms with E-state index in [0.29, 0.717) is 5.92 Å². The lowest BCUT2D eigenvalue weighted by Gasteiger charge is -2.31. The van der Waals surface area contributed by atoms with Crippen LogP contribution in [0.2, 0.25) is 0 Å². The van der Waals surface area contributed by atoms with Crippen LogP contribution in [0, 0.1) is 0 Å². The third kappa shape index (κ3) is 3.50. The number of rotatable bonds is 4. The summed E-state index contributed by atoms with van der Waals surface area (Å²) in [5, 5.41) is 6.92. The van der Waals surface area contributed by atoms with E-state index in [0.717, 1.165) is 43.2 Å². The highest BCUT2D eigenvalue weighted by molar-refractivity contribution is 7.13. The van der Waals surface area contributed by atoms with Crippen molar-refractivity contribution >= 4 is 17.0 Å². The van der Waals surface area contributed by atoms with E-state index in [4.69, 9.17) is 10.1 Å². The molecule has 0 aliphatic carbocycles. The second-order valence-electron chi connectivity index (χ2n) is 7.06. The van der Waals surface area contributed by atoms with E-state index in [-0.39, 0.29) is 0 Å². The molecule has 0 saturated carbocycles.